The number of benzene rings is 1. The van der Waals surface area contributed by atoms with E-state index in [1.807, 2.05) is 37.4 Å². The molecule has 4 heteroatoms. The maximum absolute atomic E-state index is 5.26. The van der Waals surface area contributed by atoms with Crippen molar-refractivity contribution < 1.29 is 9.26 Å². The maximum atomic E-state index is 5.26. The van der Waals surface area contributed by atoms with E-state index >= 15 is 0 Å². The van der Waals surface area contributed by atoms with Gasteiger partial charge in [-0.05, 0) is 19.2 Å². The zero-order valence-electron chi connectivity index (χ0n) is 9.36. The van der Waals surface area contributed by atoms with Gasteiger partial charge in [0.2, 0.25) is 0 Å². The first kappa shape index (κ1) is 10.7. The standard InChI is InChI=1S/C12H14N2O2/c1-13-8-10-7-12(16-14-10)9-4-3-5-11(6-9)15-2/h3-7,13H,8H2,1-2H3. The molecule has 2 rings (SSSR count). The van der Waals surface area contributed by atoms with E-state index in [0.717, 1.165) is 22.8 Å². The third-order valence-corrected chi connectivity index (χ3v) is 2.27. The summed E-state index contributed by atoms with van der Waals surface area (Å²) < 4.78 is 10.4. The van der Waals surface area contributed by atoms with Gasteiger partial charge in [0.05, 0.1) is 12.8 Å². The Morgan fingerprint density at radius 1 is 1.38 bits per heavy atom. The fourth-order valence-corrected chi connectivity index (χ4v) is 1.49. The van der Waals surface area contributed by atoms with Crippen LogP contribution in [0.2, 0.25) is 0 Å². The smallest absolute Gasteiger partial charge is 0.167 e. The lowest BCUT2D eigenvalue weighted by molar-refractivity contribution is 0.412. The molecular weight excluding hydrogens is 204 g/mol. The Balaban J connectivity index is 2.27. The molecule has 0 fully saturated rings. The molecule has 16 heavy (non-hydrogen) atoms. The minimum Gasteiger partial charge on any atom is -0.497 e. The van der Waals surface area contributed by atoms with Gasteiger partial charge in [0.15, 0.2) is 5.76 Å². The highest BCUT2D eigenvalue weighted by Crippen LogP contribution is 2.24. The van der Waals surface area contributed by atoms with Crippen LogP contribution >= 0.6 is 0 Å². The van der Waals surface area contributed by atoms with Crippen molar-refractivity contribution in [1.29, 1.82) is 0 Å². The third-order valence-electron chi connectivity index (χ3n) is 2.27. The summed E-state index contributed by atoms with van der Waals surface area (Å²) in [7, 11) is 3.52. The lowest BCUT2D eigenvalue weighted by Gasteiger charge is -2.00. The Kier molecular flexibility index (Phi) is 3.22. The fraction of sp³-hybridized carbons (Fsp3) is 0.250. The van der Waals surface area contributed by atoms with Crippen LogP contribution in [0.15, 0.2) is 34.9 Å². The molecule has 0 atom stereocenters. The van der Waals surface area contributed by atoms with Gasteiger partial charge in [0.25, 0.3) is 0 Å². The molecule has 4 nitrogen and oxygen atoms in total. The molecular formula is C12H14N2O2. The largest absolute Gasteiger partial charge is 0.497 e. The van der Waals surface area contributed by atoms with Crippen molar-refractivity contribution in [2.45, 2.75) is 6.54 Å². The maximum Gasteiger partial charge on any atom is 0.167 e. The summed E-state index contributed by atoms with van der Waals surface area (Å²) in [6, 6.07) is 9.63. The first-order valence-electron chi connectivity index (χ1n) is 5.08. The Bertz CT molecular complexity index is 466. The van der Waals surface area contributed by atoms with Gasteiger partial charge in [0.1, 0.15) is 5.75 Å². The molecule has 1 aromatic heterocycles. The number of methoxy groups -OCH3 is 1. The molecule has 2 aromatic rings. The molecule has 1 aromatic carbocycles. The number of nitrogens with one attached hydrogen (secondary N) is 1. The Labute approximate surface area is 94.2 Å². The van der Waals surface area contributed by atoms with Crippen LogP contribution in [0.25, 0.3) is 11.3 Å². The summed E-state index contributed by atoms with van der Waals surface area (Å²) in [5.41, 5.74) is 1.86. The second kappa shape index (κ2) is 4.81. The van der Waals surface area contributed by atoms with Crippen LogP contribution in [-0.2, 0) is 6.54 Å². The Morgan fingerprint density at radius 3 is 3.00 bits per heavy atom. The van der Waals surface area contributed by atoms with Crippen molar-refractivity contribution in [2.75, 3.05) is 14.2 Å². The minimum atomic E-state index is 0.702. The number of rotatable bonds is 4. The predicted molar refractivity (Wildman–Crippen MR) is 61.3 cm³/mol. The monoisotopic (exact) mass is 218 g/mol. The van der Waals surface area contributed by atoms with Crippen molar-refractivity contribution >= 4 is 0 Å². The van der Waals surface area contributed by atoms with Gasteiger partial charge in [-0.2, -0.15) is 0 Å². The number of nitrogens with zero attached hydrogens (tertiary/aromatic N) is 1. The number of hydrogen-bond acceptors (Lipinski definition) is 4. The average Bonchev–Trinajstić information content (AvgIpc) is 2.78. The van der Waals surface area contributed by atoms with E-state index in [1.165, 1.54) is 0 Å². The normalized spacial score (nSPS) is 10.4. The number of aromatic nitrogens is 1. The van der Waals surface area contributed by atoms with Crippen molar-refractivity contribution in [3.05, 3.63) is 36.0 Å². The van der Waals surface area contributed by atoms with Crippen LogP contribution in [0.5, 0.6) is 5.75 Å². The topological polar surface area (TPSA) is 47.3 Å². The van der Waals surface area contributed by atoms with E-state index in [9.17, 15) is 0 Å². The molecule has 0 aliphatic carbocycles. The van der Waals surface area contributed by atoms with Crippen molar-refractivity contribution in [2.24, 2.45) is 0 Å². The molecule has 0 amide bonds. The molecule has 0 saturated carbocycles. The van der Waals surface area contributed by atoms with Crippen LogP contribution in [0.4, 0.5) is 0 Å². The molecule has 0 saturated heterocycles. The van der Waals surface area contributed by atoms with Crippen molar-refractivity contribution in [3.63, 3.8) is 0 Å². The first-order chi connectivity index (χ1) is 7.83. The lowest BCUT2D eigenvalue weighted by atomic mass is 10.1. The Morgan fingerprint density at radius 2 is 2.25 bits per heavy atom. The van der Waals surface area contributed by atoms with Crippen LogP contribution in [-0.4, -0.2) is 19.3 Å². The summed E-state index contributed by atoms with van der Waals surface area (Å²) in [6.45, 7) is 0.702. The van der Waals surface area contributed by atoms with E-state index < -0.39 is 0 Å². The molecule has 1 heterocycles. The highest BCUT2D eigenvalue weighted by atomic mass is 16.5. The van der Waals surface area contributed by atoms with Crippen LogP contribution in [0.1, 0.15) is 5.69 Å². The van der Waals surface area contributed by atoms with Gasteiger partial charge in [0, 0.05) is 18.2 Å². The summed E-state index contributed by atoms with van der Waals surface area (Å²) in [5.74, 6) is 1.56. The van der Waals surface area contributed by atoms with Crippen LogP contribution in [0.3, 0.4) is 0 Å². The van der Waals surface area contributed by atoms with Crippen molar-refractivity contribution in [1.82, 2.24) is 10.5 Å². The van der Waals surface area contributed by atoms with Gasteiger partial charge in [-0.1, -0.05) is 17.3 Å². The van der Waals surface area contributed by atoms with Crippen LogP contribution < -0.4 is 10.1 Å². The summed E-state index contributed by atoms with van der Waals surface area (Å²) in [6.07, 6.45) is 0. The van der Waals surface area contributed by atoms with Crippen LogP contribution in [0, 0.1) is 0 Å². The van der Waals surface area contributed by atoms with E-state index in [2.05, 4.69) is 10.5 Å². The molecule has 0 bridgehead atoms. The molecule has 0 radical (unpaired) electrons. The summed E-state index contributed by atoms with van der Waals surface area (Å²) >= 11 is 0. The molecule has 0 aliphatic heterocycles. The van der Waals surface area contributed by atoms with Gasteiger partial charge in [-0.15, -0.1) is 0 Å². The van der Waals surface area contributed by atoms with Gasteiger partial charge < -0.3 is 14.6 Å². The Hall–Kier alpha value is -1.81. The highest BCUT2D eigenvalue weighted by Gasteiger charge is 2.06. The number of ether oxygens (including phenoxy) is 1. The van der Waals surface area contributed by atoms with E-state index in [1.54, 1.807) is 7.11 Å². The van der Waals surface area contributed by atoms with E-state index in [0.29, 0.717) is 6.54 Å². The molecule has 1 N–H and O–H groups in total. The minimum absolute atomic E-state index is 0.702. The number of hydrogen-bond donors (Lipinski definition) is 1. The fourth-order valence-electron chi connectivity index (χ4n) is 1.49. The van der Waals surface area contributed by atoms with Gasteiger partial charge in [-0.3, -0.25) is 0 Å². The zero-order chi connectivity index (χ0) is 11.4. The predicted octanol–water partition coefficient (Wildman–Crippen LogP) is 2.07. The van der Waals surface area contributed by atoms with Crippen molar-refractivity contribution in [3.8, 4) is 17.1 Å². The first-order valence-corrected chi connectivity index (χ1v) is 5.08. The summed E-state index contributed by atoms with van der Waals surface area (Å²) in [4.78, 5) is 0. The zero-order valence-corrected chi connectivity index (χ0v) is 9.36. The van der Waals surface area contributed by atoms with Gasteiger partial charge >= 0.3 is 0 Å². The van der Waals surface area contributed by atoms with Gasteiger partial charge in [-0.25, -0.2) is 0 Å². The second-order valence-corrected chi connectivity index (χ2v) is 3.44. The highest BCUT2D eigenvalue weighted by molar-refractivity contribution is 5.59. The molecule has 0 unspecified atom stereocenters. The quantitative estimate of drug-likeness (QED) is 0.853. The molecule has 0 spiro atoms. The molecule has 84 valence electrons. The molecule has 0 aliphatic rings. The lowest BCUT2D eigenvalue weighted by Crippen LogP contribution is -2.04. The second-order valence-electron chi connectivity index (χ2n) is 3.44. The summed E-state index contributed by atoms with van der Waals surface area (Å²) in [5, 5.41) is 6.98. The third kappa shape index (κ3) is 2.23. The average molecular weight is 218 g/mol. The van der Waals surface area contributed by atoms with E-state index in [4.69, 9.17) is 9.26 Å². The SMILES string of the molecule is CNCc1cc(-c2cccc(OC)c2)on1. The van der Waals surface area contributed by atoms with E-state index in [-0.39, 0.29) is 0 Å².